The van der Waals surface area contributed by atoms with Crippen LogP contribution in [0, 0.1) is 5.92 Å². The Morgan fingerprint density at radius 1 is 1.24 bits per heavy atom. The third-order valence-corrected chi connectivity index (χ3v) is 6.46. The second-order valence-electron chi connectivity index (χ2n) is 9.17. The summed E-state index contributed by atoms with van der Waals surface area (Å²) in [5.74, 6) is 0.741. The fourth-order valence-corrected chi connectivity index (χ4v) is 4.58. The molecule has 33 heavy (non-hydrogen) atoms. The van der Waals surface area contributed by atoms with E-state index in [1.807, 2.05) is 24.4 Å². The first-order chi connectivity index (χ1) is 15.9. The number of hydrogen-bond acceptors (Lipinski definition) is 3. The SMILES string of the molecule is CCCc1cccc(Cl)c1.C\C=C(C(/C(C)=N/C=C/CC)=C(/C)N1CCNC(C)C1)\C1CC1. The molecule has 0 aromatic heterocycles. The molecule has 1 aromatic carbocycles. The van der Waals surface area contributed by atoms with Gasteiger partial charge in [-0.1, -0.05) is 56.2 Å². The molecule has 1 aromatic rings. The van der Waals surface area contributed by atoms with E-state index in [1.165, 1.54) is 41.7 Å². The average Bonchev–Trinajstić information content (AvgIpc) is 3.63. The number of nitrogens with one attached hydrogen (secondary N) is 1. The van der Waals surface area contributed by atoms with Crippen molar-refractivity contribution < 1.29 is 0 Å². The number of rotatable bonds is 8. The zero-order valence-corrected chi connectivity index (χ0v) is 22.4. The lowest BCUT2D eigenvalue weighted by atomic mass is 9.94. The summed E-state index contributed by atoms with van der Waals surface area (Å²) < 4.78 is 0. The monoisotopic (exact) mass is 469 g/mol. The van der Waals surface area contributed by atoms with Crippen molar-refractivity contribution in [2.45, 2.75) is 79.7 Å². The Morgan fingerprint density at radius 3 is 2.58 bits per heavy atom. The molecule has 1 saturated heterocycles. The van der Waals surface area contributed by atoms with E-state index in [9.17, 15) is 0 Å². The number of halogens is 1. The van der Waals surface area contributed by atoms with Crippen LogP contribution in [0.1, 0.15) is 72.8 Å². The highest BCUT2D eigenvalue weighted by Crippen LogP contribution is 2.41. The summed E-state index contributed by atoms with van der Waals surface area (Å²) in [4.78, 5) is 7.26. The highest BCUT2D eigenvalue weighted by atomic mass is 35.5. The lowest BCUT2D eigenvalue weighted by molar-refractivity contribution is 0.255. The second-order valence-corrected chi connectivity index (χ2v) is 9.60. The Labute approximate surface area is 207 Å². The maximum atomic E-state index is 5.78. The van der Waals surface area contributed by atoms with E-state index >= 15 is 0 Å². The highest BCUT2D eigenvalue weighted by molar-refractivity contribution is 6.30. The van der Waals surface area contributed by atoms with E-state index in [1.54, 1.807) is 0 Å². The van der Waals surface area contributed by atoms with Crippen LogP contribution in [-0.4, -0.2) is 36.3 Å². The van der Waals surface area contributed by atoms with Gasteiger partial charge in [0, 0.05) is 53.9 Å². The summed E-state index contributed by atoms with van der Waals surface area (Å²) in [6.45, 7) is 16.4. The van der Waals surface area contributed by atoms with Gasteiger partial charge in [-0.2, -0.15) is 0 Å². The molecule has 1 aliphatic heterocycles. The first kappa shape index (κ1) is 27.4. The van der Waals surface area contributed by atoms with Crippen LogP contribution in [0.3, 0.4) is 0 Å². The van der Waals surface area contributed by atoms with Gasteiger partial charge >= 0.3 is 0 Å². The van der Waals surface area contributed by atoms with Gasteiger partial charge in [-0.05, 0) is 82.6 Å². The lowest BCUT2D eigenvalue weighted by Crippen LogP contribution is -2.48. The average molecular weight is 470 g/mol. The summed E-state index contributed by atoms with van der Waals surface area (Å²) in [5, 5.41) is 4.37. The molecule has 0 radical (unpaired) electrons. The third-order valence-electron chi connectivity index (χ3n) is 6.22. The van der Waals surface area contributed by atoms with Crippen LogP contribution in [0.5, 0.6) is 0 Å². The molecule has 1 saturated carbocycles. The number of nitrogens with zero attached hydrogens (tertiary/aromatic N) is 2. The molecular formula is C29H44ClN3. The first-order valence-electron chi connectivity index (χ1n) is 12.7. The molecular weight excluding hydrogens is 426 g/mol. The van der Waals surface area contributed by atoms with Crippen LogP contribution >= 0.6 is 11.6 Å². The quantitative estimate of drug-likeness (QED) is 0.313. The van der Waals surface area contributed by atoms with Crippen molar-refractivity contribution in [2.24, 2.45) is 10.9 Å². The largest absolute Gasteiger partial charge is 0.372 e. The Bertz CT molecular complexity index is 861. The molecule has 0 bridgehead atoms. The van der Waals surface area contributed by atoms with E-state index in [-0.39, 0.29) is 0 Å². The van der Waals surface area contributed by atoms with Gasteiger partial charge < -0.3 is 10.2 Å². The van der Waals surface area contributed by atoms with Crippen molar-refractivity contribution in [1.29, 1.82) is 0 Å². The molecule has 1 atom stereocenters. The number of hydrogen-bond donors (Lipinski definition) is 1. The third kappa shape index (κ3) is 9.14. The fraction of sp³-hybridized carbons (Fsp3) is 0.552. The van der Waals surface area contributed by atoms with E-state index < -0.39 is 0 Å². The minimum atomic E-state index is 0.548. The predicted octanol–water partition coefficient (Wildman–Crippen LogP) is 7.59. The number of allylic oxidation sites excluding steroid dienone is 5. The standard InChI is InChI=1S/C20H33N3.C9H11Cl/c1-6-8-11-22-16(4)20(19(7-2)18-9-10-18)17(5)23-13-12-21-15(3)14-23;1-2-4-8-5-3-6-9(10)7-8/h7-8,11,15,18,21H,6,9-10,12-14H2,1-5H3;3,5-7H,2,4H2,1H3/b11-8+,19-7-,20-17-,22-16+;. The molecule has 1 aliphatic carbocycles. The minimum Gasteiger partial charge on any atom is -0.372 e. The molecule has 2 aliphatic rings. The van der Waals surface area contributed by atoms with Crippen molar-refractivity contribution >= 4 is 17.3 Å². The van der Waals surface area contributed by atoms with Gasteiger partial charge in [0.1, 0.15) is 0 Å². The van der Waals surface area contributed by atoms with Gasteiger partial charge in [0.05, 0.1) is 0 Å². The van der Waals surface area contributed by atoms with E-state index in [0.717, 1.165) is 49.1 Å². The molecule has 4 heteroatoms. The Hall–Kier alpha value is -1.84. The molecule has 3 rings (SSSR count). The fourth-order valence-electron chi connectivity index (χ4n) is 4.37. The molecule has 1 heterocycles. The smallest absolute Gasteiger partial charge is 0.0464 e. The van der Waals surface area contributed by atoms with Crippen LogP contribution in [-0.2, 0) is 6.42 Å². The van der Waals surface area contributed by atoms with E-state index in [0.29, 0.717) is 6.04 Å². The van der Waals surface area contributed by atoms with E-state index in [2.05, 4.69) is 70.0 Å². The molecule has 1 N–H and O–H groups in total. The summed E-state index contributed by atoms with van der Waals surface area (Å²) >= 11 is 5.78. The summed E-state index contributed by atoms with van der Waals surface area (Å²) in [7, 11) is 0. The van der Waals surface area contributed by atoms with E-state index in [4.69, 9.17) is 16.6 Å². The van der Waals surface area contributed by atoms with Crippen molar-refractivity contribution in [3.05, 3.63) is 70.0 Å². The summed E-state index contributed by atoms with van der Waals surface area (Å²) in [6.07, 6.45) is 12.4. The second kappa shape index (κ2) is 14.4. The maximum Gasteiger partial charge on any atom is 0.0464 e. The molecule has 3 nitrogen and oxygen atoms in total. The number of aryl methyl sites for hydroxylation is 1. The van der Waals surface area contributed by atoms with Crippen LogP contribution in [0.2, 0.25) is 5.02 Å². The van der Waals surface area contributed by atoms with Crippen molar-refractivity contribution in [1.82, 2.24) is 10.2 Å². The minimum absolute atomic E-state index is 0.548. The highest BCUT2D eigenvalue weighted by Gasteiger charge is 2.30. The Morgan fingerprint density at radius 2 is 2.00 bits per heavy atom. The van der Waals surface area contributed by atoms with Crippen molar-refractivity contribution in [3.63, 3.8) is 0 Å². The summed E-state index contributed by atoms with van der Waals surface area (Å²) in [6, 6.07) is 8.57. The Balaban J connectivity index is 0.000000321. The zero-order chi connectivity index (χ0) is 24.2. The summed E-state index contributed by atoms with van der Waals surface area (Å²) in [5.41, 5.74) is 6.75. The van der Waals surface area contributed by atoms with Crippen molar-refractivity contribution in [3.8, 4) is 0 Å². The molecule has 1 unspecified atom stereocenters. The van der Waals surface area contributed by atoms with Gasteiger partial charge in [0.25, 0.3) is 0 Å². The van der Waals surface area contributed by atoms with Crippen molar-refractivity contribution in [2.75, 3.05) is 19.6 Å². The normalized spacial score (nSPS) is 20.5. The van der Waals surface area contributed by atoms with Crippen LogP contribution in [0.15, 0.2) is 64.5 Å². The Kier molecular flexibility index (Phi) is 12.0. The van der Waals surface area contributed by atoms with Gasteiger partial charge in [0.2, 0.25) is 0 Å². The first-order valence-corrected chi connectivity index (χ1v) is 13.1. The predicted molar refractivity (Wildman–Crippen MR) is 146 cm³/mol. The van der Waals surface area contributed by atoms with Gasteiger partial charge in [0.15, 0.2) is 0 Å². The van der Waals surface area contributed by atoms with Crippen LogP contribution in [0.4, 0.5) is 0 Å². The molecule has 182 valence electrons. The molecule has 0 spiro atoms. The number of benzene rings is 1. The van der Waals surface area contributed by atoms with Crippen LogP contribution < -0.4 is 5.32 Å². The van der Waals surface area contributed by atoms with Crippen LogP contribution in [0.25, 0.3) is 0 Å². The lowest BCUT2D eigenvalue weighted by Gasteiger charge is -2.36. The number of aliphatic imine (C=N–C) groups is 1. The molecule has 2 fully saturated rings. The maximum absolute atomic E-state index is 5.78. The molecule has 0 amide bonds. The number of piperazine rings is 1. The topological polar surface area (TPSA) is 27.6 Å². The van der Waals surface area contributed by atoms with Gasteiger partial charge in [-0.25, -0.2) is 0 Å². The van der Waals surface area contributed by atoms with Gasteiger partial charge in [-0.15, -0.1) is 0 Å². The zero-order valence-electron chi connectivity index (χ0n) is 21.6. The van der Waals surface area contributed by atoms with Gasteiger partial charge in [-0.3, -0.25) is 4.99 Å².